The summed E-state index contributed by atoms with van der Waals surface area (Å²) in [5.74, 6) is -0.401. The Morgan fingerprint density at radius 2 is 1.59 bits per heavy atom. The fraction of sp³-hybridized carbons (Fsp3) is 0.379. The molecule has 1 fully saturated rings. The molecule has 1 aliphatic heterocycles. The summed E-state index contributed by atoms with van der Waals surface area (Å²) in [6, 6.07) is 28.6. The Balaban J connectivity index is 1.19. The molecule has 0 saturated carbocycles. The number of rotatable bonds is 11. The van der Waals surface area contributed by atoms with Gasteiger partial charge in [-0.15, -0.1) is 0 Å². The highest BCUT2D eigenvalue weighted by Crippen LogP contribution is 2.28. The number of β-amino-alcohol motifs (C(OH)–C–C–N with tert-alkyl or cyclic N) is 1. The van der Waals surface area contributed by atoms with Crippen LogP contribution >= 0.6 is 0 Å². The molecule has 2 unspecified atom stereocenters. The third-order valence-electron chi connectivity index (χ3n) is 6.31. The van der Waals surface area contributed by atoms with Gasteiger partial charge in [-0.3, -0.25) is 4.90 Å². The van der Waals surface area contributed by atoms with Gasteiger partial charge in [0.2, 0.25) is 5.79 Å². The van der Waals surface area contributed by atoms with E-state index in [1.165, 1.54) is 11.1 Å². The summed E-state index contributed by atoms with van der Waals surface area (Å²) in [7, 11) is 0. The molecule has 0 amide bonds. The predicted molar refractivity (Wildman–Crippen MR) is 134 cm³/mol. The molecule has 1 N–H and O–H groups in total. The lowest BCUT2D eigenvalue weighted by atomic mass is 10.0. The standard InChI is InChI=1S/C29H35NO4/c1-24(30-17-19-34-29(31,23-30)27-10-6-3-7-11-27)22-26-12-14-28(15-13-26)33-21-20-32-18-16-25-8-4-2-5-9-25/h2-15,24,31H,16-23H2,1H3. The number of nitrogens with zero attached hydrogens (tertiary/aromatic N) is 1. The van der Waals surface area contributed by atoms with Crippen LogP contribution in [-0.2, 0) is 28.1 Å². The van der Waals surface area contributed by atoms with E-state index in [4.69, 9.17) is 14.2 Å². The summed E-state index contributed by atoms with van der Waals surface area (Å²) in [6.45, 7) is 5.80. The average Bonchev–Trinajstić information content (AvgIpc) is 2.88. The van der Waals surface area contributed by atoms with Crippen LogP contribution in [0.4, 0.5) is 0 Å². The van der Waals surface area contributed by atoms with Gasteiger partial charge in [-0.2, -0.15) is 0 Å². The molecule has 3 aromatic carbocycles. The first-order valence-corrected chi connectivity index (χ1v) is 12.1. The number of benzene rings is 3. The van der Waals surface area contributed by atoms with Gasteiger partial charge in [-0.25, -0.2) is 0 Å². The first-order chi connectivity index (χ1) is 16.6. The molecular formula is C29H35NO4. The largest absolute Gasteiger partial charge is 0.491 e. The average molecular weight is 462 g/mol. The van der Waals surface area contributed by atoms with Crippen molar-refractivity contribution in [3.05, 3.63) is 102 Å². The van der Waals surface area contributed by atoms with Gasteiger partial charge in [0.1, 0.15) is 12.4 Å². The minimum absolute atomic E-state index is 0.281. The van der Waals surface area contributed by atoms with E-state index in [9.17, 15) is 5.11 Å². The Bertz CT molecular complexity index is 980. The predicted octanol–water partition coefficient (Wildman–Crippen LogP) is 4.43. The van der Waals surface area contributed by atoms with Crippen molar-refractivity contribution in [2.75, 3.05) is 39.5 Å². The maximum absolute atomic E-state index is 11.1. The quantitative estimate of drug-likeness (QED) is 0.428. The summed E-state index contributed by atoms with van der Waals surface area (Å²) >= 11 is 0. The zero-order valence-electron chi connectivity index (χ0n) is 19.9. The maximum atomic E-state index is 11.1. The third kappa shape index (κ3) is 6.90. The van der Waals surface area contributed by atoms with Crippen LogP contribution < -0.4 is 4.74 Å². The third-order valence-corrected chi connectivity index (χ3v) is 6.31. The highest BCUT2D eigenvalue weighted by atomic mass is 16.6. The molecule has 180 valence electrons. The molecule has 0 aromatic heterocycles. The Morgan fingerprint density at radius 1 is 0.882 bits per heavy atom. The van der Waals surface area contributed by atoms with Crippen molar-refractivity contribution in [2.24, 2.45) is 0 Å². The summed E-state index contributed by atoms with van der Waals surface area (Å²) in [6.07, 6.45) is 1.81. The number of hydrogen-bond donors (Lipinski definition) is 1. The maximum Gasteiger partial charge on any atom is 0.205 e. The van der Waals surface area contributed by atoms with Gasteiger partial charge in [0.05, 0.1) is 26.4 Å². The Labute approximate surface area is 202 Å². The van der Waals surface area contributed by atoms with E-state index in [2.05, 4.69) is 36.1 Å². The van der Waals surface area contributed by atoms with E-state index >= 15 is 0 Å². The number of ether oxygens (including phenoxy) is 3. The normalized spacial score (nSPS) is 19.6. The van der Waals surface area contributed by atoms with Crippen molar-refractivity contribution >= 4 is 0 Å². The van der Waals surface area contributed by atoms with Crippen LogP contribution in [0.1, 0.15) is 23.6 Å². The SMILES string of the molecule is CC(Cc1ccc(OCCOCCc2ccccc2)cc1)N1CCOC(O)(c2ccccc2)C1. The molecule has 5 nitrogen and oxygen atoms in total. The highest BCUT2D eigenvalue weighted by Gasteiger charge is 2.37. The summed E-state index contributed by atoms with van der Waals surface area (Å²) in [5, 5.41) is 11.1. The summed E-state index contributed by atoms with van der Waals surface area (Å²) < 4.78 is 17.3. The van der Waals surface area contributed by atoms with Crippen LogP contribution in [0.3, 0.4) is 0 Å². The second-order valence-electron chi connectivity index (χ2n) is 8.86. The smallest absolute Gasteiger partial charge is 0.205 e. The van der Waals surface area contributed by atoms with Crippen LogP contribution in [0, 0.1) is 0 Å². The van der Waals surface area contributed by atoms with Gasteiger partial charge in [0, 0.05) is 18.2 Å². The molecular weight excluding hydrogens is 426 g/mol. The lowest BCUT2D eigenvalue weighted by Gasteiger charge is -2.42. The fourth-order valence-corrected chi connectivity index (χ4v) is 4.33. The van der Waals surface area contributed by atoms with Crippen LogP contribution in [0.25, 0.3) is 0 Å². The molecule has 0 aliphatic carbocycles. The van der Waals surface area contributed by atoms with Crippen LogP contribution in [0.5, 0.6) is 5.75 Å². The fourth-order valence-electron chi connectivity index (χ4n) is 4.33. The van der Waals surface area contributed by atoms with Gasteiger partial charge in [0.25, 0.3) is 0 Å². The molecule has 3 aromatic rings. The molecule has 0 radical (unpaired) electrons. The molecule has 2 atom stereocenters. The zero-order chi connectivity index (χ0) is 23.6. The molecule has 5 heteroatoms. The van der Waals surface area contributed by atoms with E-state index in [-0.39, 0.29) is 6.04 Å². The van der Waals surface area contributed by atoms with Crippen molar-refractivity contribution in [2.45, 2.75) is 31.6 Å². The van der Waals surface area contributed by atoms with E-state index in [1.54, 1.807) is 0 Å². The van der Waals surface area contributed by atoms with Gasteiger partial charge in [0.15, 0.2) is 0 Å². The zero-order valence-corrected chi connectivity index (χ0v) is 19.9. The molecule has 1 saturated heterocycles. The van der Waals surface area contributed by atoms with Crippen molar-refractivity contribution in [3.63, 3.8) is 0 Å². The first kappa shape index (κ1) is 24.4. The summed E-state index contributed by atoms with van der Waals surface area (Å²) in [4.78, 5) is 2.30. The van der Waals surface area contributed by atoms with Crippen LogP contribution in [0.15, 0.2) is 84.9 Å². The monoisotopic (exact) mass is 461 g/mol. The van der Waals surface area contributed by atoms with E-state index in [0.717, 1.165) is 30.7 Å². The Hall–Kier alpha value is -2.70. The van der Waals surface area contributed by atoms with Crippen molar-refractivity contribution < 1.29 is 19.3 Å². The van der Waals surface area contributed by atoms with Crippen LogP contribution in [-0.4, -0.2) is 55.6 Å². The molecule has 0 bridgehead atoms. The van der Waals surface area contributed by atoms with Gasteiger partial charge in [-0.05, 0) is 43.0 Å². The van der Waals surface area contributed by atoms with Gasteiger partial charge < -0.3 is 19.3 Å². The van der Waals surface area contributed by atoms with Crippen molar-refractivity contribution in [1.29, 1.82) is 0 Å². The minimum atomic E-state index is -1.26. The van der Waals surface area contributed by atoms with Gasteiger partial charge >= 0.3 is 0 Å². The van der Waals surface area contributed by atoms with E-state index in [1.807, 2.05) is 60.7 Å². The molecule has 0 spiro atoms. The number of hydrogen-bond acceptors (Lipinski definition) is 5. The van der Waals surface area contributed by atoms with Crippen molar-refractivity contribution in [1.82, 2.24) is 4.90 Å². The highest BCUT2D eigenvalue weighted by molar-refractivity contribution is 5.28. The Morgan fingerprint density at radius 3 is 2.32 bits per heavy atom. The van der Waals surface area contributed by atoms with Gasteiger partial charge in [-0.1, -0.05) is 72.8 Å². The molecule has 1 heterocycles. The number of aliphatic hydroxyl groups is 1. The first-order valence-electron chi connectivity index (χ1n) is 12.1. The Kier molecular flexibility index (Phi) is 8.72. The van der Waals surface area contributed by atoms with Crippen LogP contribution in [0.2, 0.25) is 0 Å². The lowest BCUT2D eigenvalue weighted by molar-refractivity contribution is -0.251. The van der Waals surface area contributed by atoms with E-state index < -0.39 is 5.79 Å². The topological polar surface area (TPSA) is 51.2 Å². The summed E-state index contributed by atoms with van der Waals surface area (Å²) in [5.41, 5.74) is 3.33. The second-order valence-corrected chi connectivity index (χ2v) is 8.86. The van der Waals surface area contributed by atoms with Crippen molar-refractivity contribution in [3.8, 4) is 5.75 Å². The molecule has 4 rings (SSSR count). The minimum Gasteiger partial charge on any atom is -0.491 e. The molecule has 34 heavy (non-hydrogen) atoms. The molecule has 1 aliphatic rings. The van der Waals surface area contributed by atoms with E-state index in [0.29, 0.717) is 33.0 Å². The lowest BCUT2D eigenvalue weighted by Crippen LogP contribution is -2.53. The second kappa shape index (κ2) is 12.1. The number of morpholine rings is 1.